The van der Waals surface area contributed by atoms with Gasteiger partial charge in [-0.3, -0.25) is 0 Å². The van der Waals surface area contributed by atoms with Crippen molar-refractivity contribution in [3.8, 4) is 0 Å². The van der Waals surface area contributed by atoms with Crippen molar-refractivity contribution in [3.05, 3.63) is 34.9 Å². The summed E-state index contributed by atoms with van der Waals surface area (Å²) in [5.74, 6) is 0. The molecule has 0 saturated carbocycles. The number of halogens is 1. The molecule has 0 N–H and O–H groups in total. The van der Waals surface area contributed by atoms with Crippen molar-refractivity contribution >= 4 is 11.6 Å². The van der Waals surface area contributed by atoms with Gasteiger partial charge in [-0.1, -0.05) is 50.4 Å². The van der Waals surface area contributed by atoms with Gasteiger partial charge in [0.25, 0.3) is 0 Å². The summed E-state index contributed by atoms with van der Waals surface area (Å²) in [4.78, 5) is 0. The quantitative estimate of drug-likeness (QED) is 0.466. The fourth-order valence-electron chi connectivity index (χ4n) is 1.53. The third-order valence-electron chi connectivity index (χ3n) is 2.68. The van der Waals surface area contributed by atoms with E-state index in [1.165, 1.54) is 0 Å². The molecule has 0 spiro atoms. The molecular formula is C15H23ClO2. The molecule has 0 amide bonds. The van der Waals surface area contributed by atoms with Crippen LogP contribution in [0.25, 0.3) is 0 Å². The molecule has 0 aromatic heterocycles. The lowest BCUT2D eigenvalue weighted by atomic mass is 10.2. The van der Waals surface area contributed by atoms with Gasteiger partial charge in [0.2, 0.25) is 0 Å². The molecule has 1 aromatic rings. The predicted molar refractivity (Wildman–Crippen MR) is 75.9 cm³/mol. The Balaban J connectivity index is 2.54. The highest BCUT2D eigenvalue weighted by atomic mass is 35.5. The second-order valence-corrected chi connectivity index (χ2v) is 4.77. The first-order chi connectivity index (χ1) is 8.77. The number of hydrogen-bond donors (Lipinski definition) is 0. The van der Waals surface area contributed by atoms with Gasteiger partial charge in [0.05, 0.1) is 13.2 Å². The normalized spacial score (nSPS) is 11.1. The first-order valence-corrected chi connectivity index (χ1v) is 7.14. The largest absolute Gasteiger partial charge is 0.348 e. The lowest BCUT2D eigenvalue weighted by Gasteiger charge is -2.19. The van der Waals surface area contributed by atoms with E-state index in [0.29, 0.717) is 0 Å². The Morgan fingerprint density at radius 3 is 1.89 bits per heavy atom. The zero-order chi connectivity index (χ0) is 13.2. The SMILES string of the molecule is CCCCOC(OCCCC)c1ccc(Cl)cc1. The van der Waals surface area contributed by atoms with Crippen molar-refractivity contribution in [1.82, 2.24) is 0 Å². The number of ether oxygens (including phenoxy) is 2. The minimum absolute atomic E-state index is 0.264. The molecule has 3 heteroatoms. The number of rotatable bonds is 9. The highest BCUT2D eigenvalue weighted by molar-refractivity contribution is 6.30. The number of hydrogen-bond acceptors (Lipinski definition) is 2. The summed E-state index contributed by atoms with van der Waals surface area (Å²) in [5, 5.41) is 0.736. The molecule has 1 aromatic carbocycles. The van der Waals surface area contributed by atoms with Gasteiger partial charge < -0.3 is 9.47 Å². The van der Waals surface area contributed by atoms with Crippen LogP contribution in [0.15, 0.2) is 24.3 Å². The van der Waals surface area contributed by atoms with Gasteiger partial charge in [0, 0.05) is 10.6 Å². The minimum Gasteiger partial charge on any atom is -0.348 e. The molecule has 1 rings (SSSR count). The fourth-order valence-corrected chi connectivity index (χ4v) is 1.66. The van der Waals surface area contributed by atoms with E-state index < -0.39 is 0 Å². The van der Waals surface area contributed by atoms with E-state index in [9.17, 15) is 0 Å². The van der Waals surface area contributed by atoms with E-state index in [1.807, 2.05) is 24.3 Å². The van der Waals surface area contributed by atoms with Crippen molar-refractivity contribution in [2.24, 2.45) is 0 Å². The molecule has 0 unspecified atom stereocenters. The van der Waals surface area contributed by atoms with Gasteiger partial charge in [-0.15, -0.1) is 0 Å². The molecule has 0 heterocycles. The molecule has 0 saturated heterocycles. The average Bonchev–Trinajstić information content (AvgIpc) is 2.38. The molecular weight excluding hydrogens is 248 g/mol. The predicted octanol–water partition coefficient (Wildman–Crippen LogP) is 4.97. The van der Waals surface area contributed by atoms with Crippen molar-refractivity contribution in [2.75, 3.05) is 13.2 Å². The van der Waals surface area contributed by atoms with E-state index >= 15 is 0 Å². The van der Waals surface area contributed by atoms with Crippen LogP contribution in [0.2, 0.25) is 5.02 Å². The van der Waals surface area contributed by atoms with Gasteiger partial charge in [0.1, 0.15) is 0 Å². The molecule has 102 valence electrons. The lowest BCUT2D eigenvalue weighted by molar-refractivity contribution is -0.148. The standard InChI is InChI=1S/C15H23ClO2/c1-3-5-11-17-15(18-12-6-4-2)13-7-9-14(16)10-8-13/h7-10,15H,3-6,11-12H2,1-2H3. The number of benzene rings is 1. The fraction of sp³-hybridized carbons (Fsp3) is 0.600. The maximum Gasteiger partial charge on any atom is 0.183 e. The highest BCUT2D eigenvalue weighted by Crippen LogP contribution is 2.21. The van der Waals surface area contributed by atoms with E-state index in [4.69, 9.17) is 21.1 Å². The van der Waals surface area contributed by atoms with E-state index in [1.54, 1.807) is 0 Å². The van der Waals surface area contributed by atoms with Crippen molar-refractivity contribution in [1.29, 1.82) is 0 Å². The van der Waals surface area contributed by atoms with Gasteiger partial charge in [-0.05, 0) is 25.0 Å². The third kappa shape index (κ3) is 5.85. The first kappa shape index (κ1) is 15.5. The van der Waals surface area contributed by atoms with Crippen LogP contribution < -0.4 is 0 Å². The summed E-state index contributed by atoms with van der Waals surface area (Å²) in [6, 6.07) is 7.67. The van der Waals surface area contributed by atoms with Crippen LogP contribution in [-0.2, 0) is 9.47 Å². The monoisotopic (exact) mass is 270 g/mol. The molecule has 0 radical (unpaired) electrons. The summed E-state index contributed by atoms with van der Waals surface area (Å²) >= 11 is 5.89. The van der Waals surface area contributed by atoms with Gasteiger partial charge in [-0.25, -0.2) is 0 Å². The third-order valence-corrected chi connectivity index (χ3v) is 2.93. The van der Waals surface area contributed by atoms with Crippen LogP contribution in [0.3, 0.4) is 0 Å². The van der Waals surface area contributed by atoms with Crippen LogP contribution in [0.4, 0.5) is 0 Å². The maximum atomic E-state index is 5.89. The number of unbranched alkanes of at least 4 members (excludes halogenated alkanes) is 2. The van der Waals surface area contributed by atoms with Crippen LogP contribution >= 0.6 is 11.6 Å². The molecule has 0 aliphatic rings. The molecule has 0 atom stereocenters. The van der Waals surface area contributed by atoms with Crippen LogP contribution in [0.1, 0.15) is 51.4 Å². The maximum absolute atomic E-state index is 5.89. The lowest BCUT2D eigenvalue weighted by Crippen LogP contribution is -2.10. The second-order valence-electron chi connectivity index (χ2n) is 4.33. The van der Waals surface area contributed by atoms with Crippen molar-refractivity contribution in [2.45, 2.75) is 45.8 Å². The van der Waals surface area contributed by atoms with Crippen LogP contribution in [-0.4, -0.2) is 13.2 Å². The van der Waals surface area contributed by atoms with Crippen molar-refractivity contribution < 1.29 is 9.47 Å². The zero-order valence-electron chi connectivity index (χ0n) is 11.3. The summed E-state index contributed by atoms with van der Waals surface area (Å²) < 4.78 is 11.6. The van der Waals surface area contributed by atoms with E-state index in [-0.39, 0.29) is 6.29 Å². The van der Waals surface area contributed by atoms with Crippen LogP contribution in [0.5, 0.6) is 0 Å². The van der Waals surface area contributed by atoms with Crippen LogP contribution in [0, 0.1) is 0 Å². The van der Waals surface area contributed by atoms with Crippen molar-refractivity contribution in [3.63, 3.8) is 0 Å². The Hall–Kier alpha value is -0.570. The summed E-state index contributed by atoms with van der Waals surface area (Å²) in [7, 11) is 0. The summed E-state index contributed by atoms with van der Waals surface area (Å²) in [6.45, 7) is 5.77. The Labute approximate surface area is 115 Å². The molecule has 2 nitrogen and oxygen atoms in total. The molecule has 0 aliphatic carbocycles. The summed E-state index contributed by atoms with van der Waals surface area (Å²) in [6.07, 6.45) is 4.10. The van der Waals surface area contributed by atoms with E-state index in [2.05, 4.69) is 13.8 Å². The highest BCUT2D eigenvalue weighted by Gasteiger charge is 2.11. The Bertz CT molecular complexity index is 301. The molecule has 18 heavy (non-hydrogen) atoms. The Morgan fingerprint density at radius 2 is 1.44 bits per heavy atom. The van der Waals surface area contributed by atoms with Gasteiger partial charge >= 0.3 is 0 Å². The smallest absolute Gasteiger partial charge is 0.183 e. The molecule has 0 bridgehead atoms. The van der Waals surface area contributed by atoms with Gasteiger partial charge in [-0.2, -0.15) is 0 Å². The molecule has 0 fully saturated rings. The minimum atomic E-state index is -0.264. The summed E-state index contributed by atoms with van der Waals surface area (Å²) in [5.41, 5.74) is 1.03. The first-order valence-electron chi connectivity index (χ1n) is 6.76. The zero-order valence-corrected chi connectivity index (χ0v) is 12.1. The van der Waals surface area contributed by atoms with Gasteiger partial charge in [0.15, 0.2) is 6.29 Å². The van der Waals surface area contributed by atoms with E-state index in [0.717, 1.165) is 49.5 Å². The Kier molecular flexibility index (Phi) is 8.06. The Morgan fingerprint density at radius 1 is 0.944 bits per heavy atom. The second kappa shape index (κ2) is 9.37. The molecule has 0 aliphatic heterocycles. The average molecular weight is 271 g/mol. The topological polar surface area (TPSA) is 18.5 Å².